The molecule has 136 valence electrons. The van der Waals surface area contributed by atoms with Gasteiger partial charge in [-0.2, -0.15) is 0 Å². The fourth-order valence-electron chi connectivity index (χ4n) is 1.89. The van der Waals surface area contributed by atoms with Crippen LogP contribution in [-0.2, 0) is 11.1 Å². The second-order valence-electron chi connectivity index (χ2n) is 5.13. The summed E-state index contributed by atoms with van der Waals surface area (Å²) in [6.45, 7) is 4.86. The summed E-state index contributed by atoms with van der Waals surface area (Å²) in [6.07, 6.45) is 2.19. The van der Waals surface area contributed by atoms with E-state index in [0.717, 1.165) is 0 Å². The molecule has 0 aliphatic carbocycles. The van der Waals surface area contributed by atoms with Crippen molar-refractivity contribution in [3.8, 4) is 0 Å². The van der Waals surface area contributed by atoms with Gasteiger partial charge in [-0.3, -0.25) is 9.36 Å². The Bertz CT molecular complexity index is 733. The van der Waals surface area contributed by atoms with Gasteiger partial charge in [0.15, 0.2) is 11.4 Å². The van der Waals surface area contributed by atoms with E-state index < -0.39 is 5.20 Å². The Morgan fingerprint density at radius 1 is 1.20 bits per heavy atom. The Hall–Kier alpha value is -0.840. The van der Waals surface area contributed by atoms with Gasteiger partial charge in [0.2, 0.25) is 0 Å². The normalized spacial score (nSPS) is 10.8. The van der Waals surface area contributed by atoms with Gasteiger partial charge in [0.05, 0.1) is 6.20 Å². The van der Waals surface area contributed by atoms with Gasteiger partial charge in [-0.15, -0.1) is 0 Å². The van der Waals surface area contributed by atoms with Crippen molar-refractivity contribution >= 4 is 62.6 Å². The van der Waals surface area contributed by atoms with Crippen LogP contribution in [0.5, 0.6) is 0 Å². The van der Waals surface area contributed by atoms with Crippen LogP contribution in [0, 0.1) is 0 Å². The standard InChI is InChI=1S/C15H16ClN3O.Cl3OP/c1-11(2)19(9-12-6-4-3-5-7-12)14-8-17-13(10-20)15(16)18-14;1-5(2,3)4/h3-8,10-11H,9H2,1-2H3;. The smallest absolute Gasteiger partial charge is 0.339 e. The number of carbonyl (C=O) groups excluding carboxylic acids is 1. The quantitative estimate of drug-likeness (QED) is 0.409. The SMILES string of the molecule is CC(C)N(Cc1ccccc1)c1cnc(C=O)c(Cl)n1.O=P(Cl)(Cl)Cl. The Morgan fingerprint density at radius 3 is 2.20 bits per heavy atom. The first kappa shape index (κ1) is 22.2. The Kier molecular flexibility index (Phi) is 9.19. The van der Waals surface area contributed by atoms with Crippen LogP contribution < -0.4 is 4.90 Å². The van der Waals surface area contributed by atoms with Crippen LogP contribution in [0.2, 0.25) is 5.15 Å². The van der Waals surface area contributed by atoms with Crippen LogP contribution in [0.25, 0.3) is 0 Å². The summed E-state index contributed by atoms with van der Waals surface area (Å²) in [4.78, 5) is 21.1. The highest BCUT2D eigenvalue weighted by Gasteiger charge is 2.15. The summed E-state index contributed by atoms with van der Waals surface area (Å²) < 4.78 is 9.51. The van der Waals surface area contributed by atoms with Gasteiger partial charge in [0, 0.05) is 12.6 Å². The van der Waals surface area contributed by atoms with Crippen molar-refractivity contribution in [2.75, 3.05) is 4.90 Å². The predicted molar refractivity (Wildman–Crippen MR) is 105 cm³/mol. The number of anilines is 1. The van der Waals surface area contributed by atoms with E-state index >= 15 is 0 Å². The molecule has 0 spiro atoms. The average molecular weight is 443 g/mol. The molecule has 5 nitrogen and oxygen atoms in total. The van der Waals surface area contributed by atoms with Crippen LogP contribution in [0.1, 0.15) is 29.9 Å². The maximum absolute atomic E-state index is 10.7. The largest absolute Gasteiger partial charge is 0.349 e. The molecule has 2 rings (SSSR count). The lowest BCUT2D eigenvalue weighted by molar-refractivity contribution is 0.111. The molecule has 0 saturated heterocycles. The van der Waals surface area contributed by atoms with E-state index in [9.17, 15) is 9.36 Å². The fraction of sp³-hybridized carbons (Fsp3) is 0.267. The molecular weight excluding hydrogens is 427 g/mol. The lowest BCUT2D eigenvalue weighted by Gasteiger charge is -2.27. The van der Waals surface area contributed by atoms with Crippen LogP contribution in [0.3, 0.4) is 0 Å². The molecule has 0 atom stereocenters. The summed E-state index contributed by atoms with van der Waals surface area (Å²) >= 11 is 19.8. The van der Waals surface area contributed by atoms with E-state index in [4.69, 9.17) is 11.6 Å². The number of aldehydes is 1. The first-order chi connectivity index (χ1) is 11.6. The molecule has 0 unspecified atom stereocenters. The molecule has 0 amide bonds. The first-order valence-corrected chi connectivity index (χ1v) is 11.9. The Morgan fingerprint density at radius 2 is 1.76 bits per heavy atom. The minimum atomic E-state index is -3.22. The third-order valence-corrected chi connectivity index (χ3v) is 3.25. The molecule has 1 aromatic heterocycles. The zero-order valence-corrected chi connectivity index (χ0v) is 17.4. The number of benzene rings is 1. The highest BCUT2D eigenvalue weighted by atomic mass is 36.0. The topological polar surface area (TPSA) is 63.2 Å². The molecule has 2 aromatic rings. The second-order valence-corrected chi connectivity index (χ2v) is 12.1. The van der Waals surface area contributed by atoms with Crippen molar-refractivity contribution in [3.63, 3.8) is 0 Å². The lowest BCUT2D eigenvalue weighted by atomic mass is 10.2. The van der Waals surface area contributed by atoms with Gasteiger partial charge >= 0.3 is 5.20 Å². The second kappa shape index (κ2) is 10.3. The van der Waals surface area contributed by atoms with Crippen LogP contribution >= 0.6 is 50.5 Å². The Balaban J connectivity index is 0.000000550. The van der Waals surface area contributed by atoms with Crippen LogP contribution in [0.4, 0.5) is 5.82 Å². The van der Waals surface area contributed by atoms with E-state index in [1.54, 1.807) is 6.20 Å². The molecule has 0 aliphatic heterocycles. The van der Waals surface area contributed by atoms with E-state index in [1.807, 2.05) is 18.2 Å². The third kappa shape index (κ3) is 8.89. The predicted octanol–water partition coefficient (Wildman–Crippen LogP) is 6.17. The van der Waals surface area contributed by atoms with E-state index in [-0.39, 0.29) is 16.9 Å². The van der Waals surface area contributed by atoms with Gasteiger partial charge in [-0.05, 0) is 53.1 Å². The van der Waals surface area contributed by atoms with Crippen LogP contribution in [-0.4, -0.2) is 22.3 Å². The number of carbonyl (C=O) groups is 1. The molecule has 1 heterocycles. The zero-order chi connectivity index (χ0) is 19.0. The van der Waals surface area contributed by atoms with Gasteiger partial charge in [-0.1, -0.05) is 41.9 Å². The van der Waals surface area contributed by atoms with Gasteiger partial charge in [-0.25, -0.2) is 9.97 Å². The van der Waals surface area contributed by atoms with Crippen molar-refractivity contribution in [1.82, 2.24) is 9.97 Å². The average Bonchev–Trinajstić information content (AvgIpc) is 2.51. The summed E-state index contributed by atoms with van der Waals surface area (Å²) in [5, 5.41) is -3.09. The number of hydrogen-bond acceptors (Lipinski definition) is 5. The number of rotatable bonds is 5. The molecule has 0 saturated carbocycles. The molecule has 0 aliphatic rings. The molecule has 0 N–H and O–H groups in total. The van der Waals surface area contributed by atoms with E-state index in [0.29, 0.717) is 18.6 Å². The molecule has 0 radical (unpaired) electrons. The minimum Gasteiger partial charge on any atom is -0.349 e. The third-order valence-electron chi connectivity index (χ3n) is 2.97. The minimum absolute atomic E-state index is 0.135. The summed E-state index contributed by atoms with van der Waals surface area (Å²) in [5.74, 6) is 0.666. The van der Waals surface area contributed by atoms with Gasteiger partial charge in [0.25, 0.3) is 0 Å². The highest BCUT2D eigenvalue weighted by molar-refractivity contribution is 8.24. The maximum atomic E-state index is 10.7. The van der Waals surface area contributed by atoms with Crippen molar-refractivity contribution in [1.29, 1.82) is 0 Å². The number of nitrogens with zero attached hydrogens (tertiary/aromatic N) is 3. The Labute approximate surface area is 166 Å². The van der Waals surface area contributed by atoms with Crippen molar-refractivity contribution in [2.45, 2.75) is 26.4 Å². The van der Waals surface area contributed by atoms with Gasteiger partial charge in [0.1, 0.15) is 11.5 Å². The molecule has 0 fully saturated rings. The first-order valence-electron chi connectivity index (χ1n) is 7.09. The molecule has 10 heteroatoms. The maximum Gasteiger partial charge on any atom is 0.339 e. The van der Waals surface area contributed by atoms with E-state index in [2.05, 4.69) is 74.6 Å². The number of halogens is 4. The zero-order valence-electron chi connectivity index (χ0n) is 13.4. The summed E-state index contributed by atoms with van der Waals surface area (Å²) in [7, 11) is 0. The lowest BCUT2D eigenvalue weighted by Crippen LogP contribution is -2.31. The fourth-order valence-corrected chi connectivity index (χ4v) is 2.07. The molecule has 25 heavy (non-hydrogen) atoms. The molecule has 0 bridgehead atoms. The monoisotopic (exact) mass is 441 g/mol. The van der Waals surface area contributed by atoms with Crippen LogP contribution in [0.15, 0.2) is 36.5 Å². The van der Waals surface area contributed by atoms with Gasteiger partial charge < -0.3 is 4.90 Å². The van der Waals surface area contributed by atoms with Crippen molar-refractivity contribution in [2.24, 2.45) is 0 Å². The van der Waals surface area contributed by atoms with Crippen molar-refractivity contribution in [3.05, 3.63) is 52.9 Å². The molecule has 1 aromatic carbocycles. The van der Waals surface area contributed by atoms with E-state index in [1.165, 1.54) is 5.56 Å². The highest BCUT2D eigenvalue weighted by Crippen LogP contribution is 2.61. The molecular formula is C15H16Cl4N3O2P. The van der Waals surface area contributed by atoms with Crippen molar-refractivity contribution < 1.29 is 9.36 Å². The number of aromatic nitrogens is 2. The summed E-state index contributed by atoms with van der Waals surface area (Å²) in [5.41, 5.74) is 1.34. The number of hydrogen-bond donors (Lipinski definition) is 0. The summed E-state index contributed by atoms with van der Waals surface area (Å²) in [6, 6.07) is 10.3.